The zero-order valence-electron chi connectivity index (χ0n) is 19.1. The van der Waals surface area contributed by atoms with Gasteiger partial charge in [-0.2, -0.15) is 13.2 Å². The van der Waals surface area contributed by atoms with Gasteiger partial charge in [-0.05, 0) is 68.8 Å². The van der Waals surface area contributed by atoms with E-state index in [1.165, 1.54) is 12.1 Å². The summed E-state index contributed by atoms with van der Waals surface area (Å²) in [6, 6.07) is 11.8. The van der Waals surface area contributed by atoms with Gasteiger partial charge in [-0.15, -0.1) is 10.2 Å². The van der Waals surface area contributed by atoms with Crippen LogP contribution in [0.2, 0.25) is 0 Å². The average molecular weight is 505 g/mol. The Hall–Kier alpha value is -3.67. The van der Waals surface area contributed by atoms with Crippen LogP contribution in [-0.4, -0.2) is 55.0 Å². The highest BCUT2D eigenvalue weighted by Crippen LogP contribution is 2.41. The molecule has 190 valence electrons. The maximum absolute atomic E-state index is 13.2. The van der Waals surface area contributed by atoms with Crippen LogP contribution in [0.25, 0.3) is 11.3 Å². The number of aliphatic carboxylic acids is 1. The van der Waals surface area contributed by atoms with Crippen LogP contribution < -0.4 is 5.56 Å². The molecule has 8 nitrogen and oxygen atoms in total. The number of carboxylic acid groups (broad SMARTS) is 1. The second-order valence-electron chi connectivity index (χ2n) is 8.77. The predicted octanol–water partition coefficient (Wildman–Crippen LogP) is 3.41. The molecule has 1 aromatic carbocycles. The molecule has 2 aliphatic rings. The zero-order valence-corrected chi connectivity index (χ0v) is 19.1. The summed E-state index contributed by atoms with van der Waals surface area (Å²) in [7, 11) is 0. The van der Waals surface area contributed by atoms with Gasteiger partial charge in [-0.1, -0.05) is 6.07 Å². The van der Waals surface area contributed by atoms with E-state index in [-0.39, 0.29) is 16.8 Å². The minimum atomic E-state index is -5.08. The van der Waals surface area contributed by atoms with Gasteiger partial charge in [0.2, 0.25) is 0 Å². The summed E-state index contributed by atoms with van der Waals surface area (Å²) in [4.78, 5) is 28.8. The van der Waals surface area contributed by atoms with Gasteiger partial charge in [0.25, 0.3) is 5.56 Å². The van der Waals surface area contributed by atoms with Crippen LogP contribution in [0, 0.1) is 5.82 Å². The van der Waals surface area contributed by atoms with Crippen LogP contribution >= 0.6 is 0 Å². The minimum Gasteiger partial charge on any atom is -0.475 e. The number of rotatable bonds is 3. The zero-order chi connectivity index (χ0) is 25.9. The fourth-order valence-corrected chi connectivity index (χ4v) is 4.58. The molecule has 0 atom stereocenters. The first-order valence-electron chi connectivity index (χ1n) is 11.3. The lowest BCUT2D eigenvalue weighted by Crippen LogP contribution is -2.42. The number of aromatic nitrogens is 4. The number of likely N-dealkylation sites (tertiary alicyclic amines) is 1. The van der Waals surface area contributed by atoms with Crippen LogP contribution in [0.15, 0.2) is 53.5 Å². The van der Waals surface area contributed by atoms with E-state index >= 15 is 0 Å². The molecule has 0 unspecified atom stereocenters. The second kappa shape index (κ2) is 10.1. The monoisotopic (exact) mass is 505 g/mol. The first kappa shape index (κ1) is 25.4. The largest absolute Gasteiger partial charge is 0.490 e. The van der Waals surface area contributed by atoms with Crippen LogP contribution in [0.5, 0.6) is 0 Å². The molecular formula is C24H23F4N5O3. The van der Waals surface area contributed by atoms with E-state index in [9.17, 15) is 22.4 Å². The Bertz CT molecular complexity index is 1270. The van der Waals surface area contributed by atoms with Crippen LogP contribution in [-0.2, 0) is 23.3 Å². The number of hydrogen-bond acceptors (Lipinski definition) is 6. The molecule has 1 fully saturated rings. The normalized spacial score (nSPS) is 16.8. The van der Waals surface area contributed by atoms with Crippen molar-refractivity contribution in [2.45, 2.75) is 43.9 Å². The van der Waals surface area contributed by atoms with Crippen molar-refractivity contribution in [1.29, 1.82) is 0 Å². The molecule has 0 saturated carbocycles. The fraction of sp³-hybridized carbons (Fsp3) is 0.375. The summed E-state index contributed by atoms with van der Waals surface area (Å²) in [6.45, 7) is 3.41. The molecule has 1 spiro atoms. The number of pyridine rings is 1. The number of carbonyl (C=O) groups is 1. The highest BCUT2D eigenvalue weighted by atomic mass is 19.4. The lowest BCUT2D eigenvalue weighted by atomic mass is 9.76. The summed E-state index contributed by atoms with van der Waals surface area (Å²) in [5, 5.41) is 15.9. The summed E-state index contributed by atoms with van der Waals surface area (Å²) < 4.78 is 46.7. The number of benzene rings is 1. The Morgan fingerprint density at radius 2 is 1.64 bits per heavy atom. The Balaban J connectivity index is 0.000000384. The standard InChI is InChI=1S/C22H22FN5O.C2HF3O2/c23-17-6-4-16(5-7-17)19-20(29)28-14-10-22(21(28)26-25-19)8-12-27(13-9-22)15-18-3-1-2-11-24-18;3-2(4,5)1(6)7/h1-7,11H,8-10,12-15H2;(H,6,7). The first-order valence-corrected chi connectivity index (χ1v) is 11.3. The topological polar surface area (TPSA) is 101 Å². The van der Waals surface area contributed by atoms with Gasteiger partial charge in [-0.3, -0.25) is 19.2 Å². The Labute approximate surface area is 203 Å². The van der Waals surface area contributed by atoms with Gasteiger partial charge in [0.15, 0.2) is 5.69 Å². The number of hydrogen-bond donors (Lipinski definition) is 1. The van der Waals surface area contributed by atoms with Crippen molar-refractivity contribution in [1.82, 2.24) is 24.6 Å². The van der Waals surface area contributed by atoms with Crippen molar-refractivity contribution in [2.75, 3.05) is 13.1 Å². The third kappa shape index (κ3) is 5.43. The van der Waals surface area contributed by atoms with Gasteiger partial charge >= 0.3 is 12.1 Å². The number of halogens is 4. The van der Waals surface area contributed by atoms with Crippen molar-refractivity contribution >= 4 is 5.97 Å². The van der Waals surface area contributed by atoms with Gasteiger partial charge in [0, 0.05) is 30.3 Å². The molecule has 2 aromatic heterocycles. The van der Waals surface area contributed by atoms with Crippen LogP contribution in [0.1, 0.15) is 30.8 Å². The molecule has 1 N–H and O–H groups in total. The smallest absolute Gasteiger partial charge is 0.475 e. The van der Waals surface area contributed by atoms with E-state index in [1.54, 1.807) is 16.7 Å². The molecule has 12 heteroatoms. The Morgan fingerprint density at radius 3 is 2.22 bits per heavy atom. The van der Waals surface area contributed by atoms with Gasteiger partial charge in [0.05, 0.1) is 5.69 Å². The number of fused-ring (bicyclic) bond motifs is 2. The lowest BCUT2D eigenvalue weighted by molar-refractivity contribution is -0.192. The molecular weight excluding hydrogens is 482 g/mol. The Kier molecular flexibility index (Phi) is 7.16. The quantitative estimate of drug-likeness (QED) is 0.545. The predicted molar refractivity (Wildman–Crippen MR) is 120 cm³/mol. The van der Waals surface area contributed by atoms with Crippen molar-refractivity contribution in [3.05, 3.63) is 76.4 Å². The molecule has 3 aromatic rings. The highest BCUT2D eigenvalue weighted by Gasteiger charge is 2.44. The van der Waals surface area contributed by atoms with Crippen molar-refractivity contribution in [2.24, 2.45) is 0 Å². The Morgan fingerprint density at radius 1 is 1.00 bits per heavy atom. The molecule has 0 bridgehead atoms. The molecule has 4 heterocycles. The number of piperidine rings is 1. The summed E-state index contributed by atoms with van der Waals surface area (Å²) in [5.41, 5.74) is 1.77. The van der Waals surface area contributed by atoms with E-state index in [1.807, 2.05) is 18.3 Å². The van der Waals surface area contributed by atoms with Crippen molar-refractivity contribution < 1.29 is 27.5 Å². The van der Waals surface area contributed by atoms with Crippen LogP contribution in [0.4, 0.5) is 17.6 Å². The summed E-state index contributed by atoms with van der Waals surface area (Å²) in [5.74, 6) is -2.28. The van der Waals surface area contributed by atoms with E-state index in [0.717, 1.165) is 50.4 Å². The van der Waals surface area contributed by atoms with Gasteiger partial charge in [-0.25, -0.2) is 9.18 Å². The maximum Gasteiger partial charge on any atom is 0.490 e. The van der Waals surface area contributed by atoms with E-state index in [4.69, 9.17) is 9.90 Å². The van der Waals surface area contributed by atoms with E-state index < -0.39 is 12.1 Å². The van der Waals surface area contributed by atoms with Crippen molar-refractivity contribution in [3.8, 4) is 11.3 Å². The third-order valence-corrected chi connectivity index (χ3v) is 6.52. The second-order valence-corrected chi connectivity index (χ2v) is 8.77. The maximum atomic E-state index is 13.2. The summed E-state index contributed by atoms with van der Waals surface area (Å²) in [6.07, 6.45) is -0.413. The van der Waals surface area contributed by atoms with E-state index in [0.29, 0.717) is 17.8 Å². The van der Waals surface area contributed by atoms with Gasteiger partial charge in [0.1, 0.15) is 11.6 Å². The minimum absolute atomic E-state index is 0.0753. The molecule has 0 radical (unpaired) electrons. The number of alkyl halides is 3. The molecule has 36 heavy (non-hydrogen) atoms. The molecule has 1 saturated heterocycles. The highest BCUT2D eigenvalue weighted by molar-refractivity contribution is 5.73. The van der Waals surface area contributed by atoms with Crippen LogP contribution in [0.3, 0.4) is 0 Å². The molecule has 0 amide bonds. The van der Waals surface area contributed by atoms with E-state index in [2.05, 4.69) is 26.1 Å². The fourth-order valence-electron chi connectivity index (χ4n) is 4.58. The SMILES string of the molecule is O=C(O)C(F)(F)F.O=c1c(-c2ccc(F)cc2)nnc2n1CCC21CCN(Cc2ccccn2)CC1. The number of nitrogens with zero attached hydrogens (tertiary/aromatic N) is 5. The first-order chi connectivity index (χ1) is 17.1. The average Bonchev–Trinajstić information content (AvgIpc) is 3.21. The van der Waals surface area contributed by atoms with Gasteiger partial charge < -0.3 is 5.11 Å². The third-order valence-electron chi connectivity index (χ3n) is 6.52. The summed E-state index contributed by atoms with van der Waals surface area (Å²) >= 11 is 0. The number of carboxylic acids is 1. The lowest BCUT2D eigenvalue weighted by Gasteiger charge is -2.38. The molecule has 2 aliphatic heterocycles. The molecule has 0 aliphatic carbocycles. The molecule has 5 rings (SSSR count). The van der Waals surface area contributed by atoms with Crippen molar-refractivity contribution in [3.63, 3.8) is 0 Å².